The number of pyridine rings is 2. The van der Waals surface area contributed by atoms with Crippen molar-refractivity contribution < 1.29 is 14.6 Å². The van der Waals surface area contributed by atoms with E-state index in [1.165, 1.54) is 31.2 Å². The summed E-state index contributed by atoms with van der Waals surface area (Å²) in [6.07, 6.45) is 13.8. The van der Waals surface area contributed by atoms with Crippen LogP contribution in [0.2, 0.25) is 0 Å². The topological polar surface area (TPSA) is 64.5 Å². The highest BCUT2D eigenvalue weighted by Crippen LogP contribution is 2.33. The van der Waals surface area contributed by atoms with E-state index in [9.17, 15) is 0 Å². The van der Waals surface area contributed by atoms with Gasteiger partial charge in [-0.2, -0.15) is 0 Å². The van der Waals surface area contributed by atoms with Crippen LogP contribution >= 0.6 is 15.9 Å². The molecule has 6 rings (SSSR count). The van der Waals surface area contributed by atoms with Crippen LogP contribution in [0.15, 0.2) is 85.2 Å². The van der Waals surface area contributed by atoms with Crippen molar-refractivity contribution in [3.05, 3.63) is 96.3 Å². The summed E-state index contributed by atoms with van der Waals surface area (Å²) < 4.78 is 12.2. The van der Waals surface area contributed by atoms with Crippen LogP contribution in [-0.2, 0) is 11.9 Å². The fourth-order valence-electron chi connectivity index (χ4n) is 5.30. The number of halogens is 1. The highest BCUT2D eigenvalue weighted by Gasteiger charge is 2.20. The molecule has 0 saturated heterocycles. The SMILES string of the molecule is BrCc1ccc(-c2cccnc2OC2CCCC2)cc1.OCc1ccc(-c2cccnc2OC2CCCC2)cc1. The largest absolute Gasteiger partial charge is 0.474 e. The molecule has 2 aliphatic rings. The Morgan fingerprint density at radius 1 is 0.625 bits per heavy atom. The van der Waals surface area contributed by atoms with Crippen molar-refractivity contribution in [1.29, 1.82) is 0 Å². The molecule has 2 aromatic heterocycles. The molecule has 4 aromatic rings. The van der Waals surface area contributed by atoms with Gasteiger partial charge in [0.05, 0.1) is 6.61 Å². The summed E-state index contributed by atoms with van der Waals surface area (Å²) in [6, 6.07) is 24.4. The molecule has 2 heterocycles. The quantitative estimate of drug-likeness (QED) is 0.205. The number of hydrogen-bond donors (Lipinski definition) is 1. The third-order valence-corrected chi connectivity index (χ3v) is 8.22. The number of aliphatic hydroxyl groups is 1. The van der Waals surface area contributed by atoms with E-state index in [4.69, 9.17) is 14.6 Å². The molecule has 0 atom stereocenters. The van der Waals surface area contributed by atoms with E-state index >= 15 is 0 Å². The van der Waals surface area contributed by atoms with Crippen molar-refractivity contribution in [3.63, 3.8) is 0 Å². The minimum absolute atomic E-state index is 0.0682. The molecule has 0 unspecified atom stereocenters. The second-order valence-corrected chi connectivity index (χ2v) is 11.0. The van der Waals surface area contributed by atoms with Crippen molar-refractivity contribution in [2.75, 3.05) is 0 Å². The van der Waals surface area contributed by atoms with Gasteiger partial charge in [-0.15, -0.1) is 0 Å². The van der Waals surface area contributed by atoms with Gasteiger partial charge in [0.15, 0.2) is 0 Å². The number of ether oxygens (including phenoxy) is 2. The molecular weight excluding hydrogens is 564 g/mol. The van der Waals surface area contributed by atoms with E-state index in [-0.39, 0.29) is 6.61 Å². The smallest absolute Gasteiger partial charge is 0.221 e. The third-order valence-electron chi connectivity index (χ3n) is 7.57. The number of aliphatic hydroxyl groups excluding tert-OH is 1. The minimum Gasteiger partial charge on any atom is -0.474 e. The van der Waals surface area contributed by atoms with Gasteiger partial charge in [0, 0.05) is 28.9 Å². The zero-order valence-corrected chi connectivity index (χ0v) is 24.4. The lowest BCUT2D eigenvalue weighted by Crippen LogP contribution is -2.12. The van der Waals surface area contributed by atoms with Crippen molar-refractivity contribution in [1.82, 2.24) is 9.97 Å². The predicted octanol–water partition coefficient (Wildman–Crippen LogP) is 8.53. The Kier molecular flexibility index (Phi) is 10.2. The van der Waals surface area contributed by atoms with Gasteiger partial charge in [0.25, 0.3) is 0 Å². The van der Waals surface area contributed by atoms with Crippen LogP contribution in [0.3, 0.4) is 0 Å². The number of aromatic nitrogens is 2. The summed E-state index contributed by atoms with van der Waals surface area (Å²) in [4.78, 5) is 8.82. The number of rotatable bonds is 8. The second-order valence-electron chi connectivity index (χ2n) is 10.4. The predicted molar refractivity (Wildman–Crippen MR) is 164 cm³/mol. The average molecular weight is 602 g/mol. The first kappa shape index (κ1) is 28.3. The first-order valence-electron chi connectivity index (χ1n) is 14.3. The minimum atomic E-state index is 0.0682. The molecule has 208 valence electrons. The van der Waals surface area contributed by atoms with Crippen molar-refractivity contribution in [2.45, 2.75) is 75.5 Å². The maximum absolute atomic E-state index is 9.11. The van der Waals surface area contributed by atoms with E-state index in [2.05, 4.69) is 56.2 Å². The van der Waals surface area contributed by atoms with Gasteiger partial charge in [0.1, 0.15) is 12.2 Å². The molecular formula is C34H37BrN2O3. The first-order chi connectivity index (χ1) is 19.7. The average Bonchev–Trinajstić information content (AvgIpc) is 3.73. The van der Waals surface area contributed by atoms with Crippen LogP contribution in [0.25, 0.3) is 22.3 Å². The molecule has 0 spiro atoms. The molecule has 2 fully saturated rings. The summed E-state index contributed by atoms with van der Waals surface area (Å²) in [5, 5.41) is 9.99. The zero-order valence-electron chi connectivity index (χ0n) is 22.8. The normalized spacial score (nSPS) is 15.4. The van der Waals surface area contributed by atoms with Crippen molar-refractivity contribution in [3.8, 4) is 34.0 Å². The van der Waals surface area contributed by atoms with Crippen LogP contribution < -0.4 is 9.47 Å². The second kappa shape index (κ2) is 14.4. The number of hydrogen-bond acceptors (Lipinski definition) is 5. The van der Waals surface area contributed by atoms with Gasteiger partial charge in [-0.3, -0.25) is 0 Å². The van der Waals surface area contributed by atoms with E-state index in [1.807, 2.05) is 42.5 Å². The summed E-state index contributed by atoms with van der Waals surface area (Å²) in [5.74, 6) is 1.49. The van der Waals surface area contributed by atoms with E-state index in [0.717, 1.165) is 70.6 Å². The molecule has 6 heteroatoms. The lowest BCUT2D eigenvalue weighted by molar-refractivity contribution is 0.202. The summed E-state index contributed by atoms with van der Waals surface area (Å²) >= 11 is 3.47. The molecule has 40 heavy (non-hydrogen) atoms. The Morgan fingerprint density at radius 3 is 1.45 bits per heavy atom. The standard InChI is InChI=1S/C17H18BrNO.C17H19NO2/c18-12-13-7-9-14(10-8-13)16-6-3-11-19-17(16)20-15-4-1-2-5-15;19-12-13-7-9-14(10-8-13)16-6-3-11-18-17(16)20-15-4-1-2-5-15/h3,6-11,15H,1-2,4-5,12H2;3,6-11,15,19H,1-2,4-5,12H2. The van der Waals surface area contributed by atoms with Crippen LogP contribution in [0, 0.1) is 0 Å². The molecule has 2 aromatic carbocycles. The van der Waals surface area contributed by atoms with Crippen LogP contribution in [0.5, 0.6) is 11.8 Å². The maximum atomic E-state index is 9.11. The lowest BCUT2D eigenvalue weighted by atomic mass is 10.1. The van der Waals surface area contributed by atoms with Crippen LogP contribution in [-0.4, -0.2) is 27.3 Å². The first-order valence-corrected chi connectivity index (χ1v) is 15.4. The molecule has 5 nitrogen and oxygen atoms in total. The van der Waals surface area contributed by atoms with Gasteiger partial charge in [-0.25, -0.2) is 9.97 Å². The fourth-order valence-corrected chi connectivity index (χ4v) is 5.67. The molecule has 1 N–H and O–H groups in total. The van der Waals surface area contributed by atoms with Crippen LogP contribution in [0.4, 0.5) is 0 Å². The molecule has 0 amide bonds. The van der Waals surface area contributed by atoms with Crippen LogP contribution in [0.1, 0.15) is 62.5 Å². The third kappa shape index (κ3) is 7.49. The van der Waals surface area contributed by atoms with Gasteiger partial charge in [-0.1, -0.05) is 64.5 Å². The lowest BCUT2D eigenvalue weighted by Gasteiger charge is -2.15. The molecule has 2 aliphatic carbocycles. The monoisotopic (exact) mass is 600 g/mol. The van der Waals surface area contributed by atoms with E-state index in [0.29, 0.717) is 12.2 Å². The van der Waals surface area contributed by atoms with Gasteiger partial charge >= 0.3 is 0 Å². The van der Waals surface area contributed by atoms with E-state index in [1.54, 1.807) is 12.4 Å². The van der Waals surface area contributed by atoms with Crippen molar-refractivity contribution in [2.24, 2.45) is 0 Å². The molecule has 0 bridgehead atoms. The molecule has 0 radical (unpaired) electrons. The number of benzene rings is 2. The fraction of sp³-hybridized carbons (Fsp3) is 0.353. The summed E-state index contributed by atoms with van der Waals surface area (Å²) in [5.41, 5.74) is 6.52. The van der Waals surface area contributed by atoms with Gasteiger partial charge < -0.3 is 14.6 Å². The Balaban J connectivity index is 0.000000161. The Morgan fingerprint density at radius 2 is 1.05 bits per heavy atom. The highest BCUT2D eigenvalue weighted by atomic mass is 79.9. The highest BCUT2D eigenvalue weighted by molar-refractivity contribution is 9.08. The number of nitrogens with zero attached hydrogens (tertiary/aromatic N) is 2. The molecule has 2 saturated carbocycles. The maximum Gasteiger partial charge on any atom is 0.221 e. The van der Waals surface area contributed by atoms with Gasteiger partial charge in [0.2, 0.25) is 11.8 Å². The summed E-state index contributed by atoms with van der Waals surface area (Å²) in [7, 11) is 0. The summed E-state index contributed by atoms with van der Waals surface area (Å²) in [6.45, 7) is 0.0682. The van der Waals surface area contributed by atoms with E-state index < -0.39 is 0 Å². The Bertz CT molecular complexity index is 1230. The zero-order chi connectivity index (χ0) is 27.6. The van der Waals surface area contributed by atoms with Crippen molar-refractivity contribution >= 4 is 15.9 Å². The number of alkyl halides is 1. The Hall–Kier alpha value is -3.22. The van der Waals surface area contributed by atoms with Gasteiger partial charge in [-0.05, 0) is 97.9 Å². The Labute approximate surface area is 245 Å². The molecule has 0 aliphatic heterocycles.